The molecule has 0 rings (SSSR count). The number of ketones is 1. The van der Waals surface area contributed by atoms with Crippen LogP contribution in [0, 0.1) is 0 Å². The Labute approximate surface area is 97.1 Å². The van der Waals surface area contributed by atoms with E-state index in [1.807, 2.05) is 21.0 Å². The minimum atomic E-state index is -0.813. The van der Waals surface area contributed by atoms with E-state index >= 15 is 0 Å². The van der Waals surface area contributed by atoms with Crippen molar-refractivity contribution >= 4 is 11.7 Å². The van der Waals surface area contributed by atoms with Crippen molar-refractivity contribution in [2.45, 2.75) is 19.4 Å². The van der Waals surface area contributed by atoms with Crippen molar-refractivity contribution in [3.05, 3.63) is 12.7 Å². The third kappa shape index (κ3) is 4.44. The van der Waals surface area contributed by atoms with Gasteiger partial charge < -0.3 is 22.6 Å². The lowest BCUT2D eigenvalue weighted by Gasteiger charge is -2.34. The van der Waals surface area contributed by atoms with Crippen molar-refractivity contribution in [1.29, 1.82) is 0 Å². The van der Waals surface area contributed by atoms with E-state index in [2.05, 4.69) is 6.58 Å². The molecule has 0 spiro atoms. The maximum atomic E-state index is 11.4. The molecule has 0 aromatic heterocycles. The Bertz CT molecular complexity index is 252. The standard InChI is InChI=1S/C10H18N2O2.ClH/c1-5-7-12(3,4)9(10(11)14)8(13)6-2;/h6,9H,2,5,7H2,1,3-4H3,(H-,11,14);1H. The highest BCUT2D eigenvalue weighted by molar-refractivity contribution is 6.08. The quantitative estimate of drug-likeness (QED) is 0.304. The molecule has 0 radical (unpaired) electrons. The maximum Gasteiger partial charge on any atom is 0.284 e. The van der Waals surface area contributed by atoms with Crippen molar-refractivity contribution in [3.8, 4) is 0 Å². The van der Waals surface area contributed by atoms with Crippen LogP contribution in [0.4, 0.5) is 0 Å². The SMILES string of the molecule is C=CC(=O)C(C(N)=O)[N+](C)(C)CCC.[Cl-]. The van der Waals surface area contributed by atoms with Gasteiger partial charge in [0.2, 0.25) is 11.8 Å². The molecule has 5 heteroatoms. The first kappa shape index (κ1) is 16.6. The van der Waals surface area contributed by atoms with Gasteiger partial charge in [-0.2, -0.15) is 0 Å². The van der Waals surface area contributed by atoms with Crippen molar-refractivity contribution in [3.63, 3.8) is 0 Å². The number of hydrogen-bond donors (Lipinski definition) is 1. The lowest BCUT2D eigenvalue weighted by Crippen LogP contribution is -3.00. The number of hydrogen-bond acceptors (Lipinski definition) is 2. The summed E-state index contributed by atoms with van der Waals surface area (Å²) in [7, 11) is 3.64. The molecule has 0 aliphatic carbocycles. The molecule has 0 saturated carbocycles. The van der Waals surface area contributed by atoms with Gasteiger partial charge in [0.25, 0.3) is 5.91 Å². The summed E-state index contributed by atoms with van der Waals surface area (Å²) >= 11 is 0. The normalized spacial score (nSPS) is 12.5. The van der Waals surface area contributed by atoms with Gasteiger partial charge in [0, 0.05) is 0 Å². The molecule has 0 aliphatic heterocycles. The molecule has 1 amide bonds. The van der Waals surface area contributed by atoms with E-state index in [0.717, 1.165) is 19.0 Å². The molecular formula is C10H19ClN2O2. The summed E-state index contributed by atoms with van der Waals surface area (Å²) in [5.41, 5.74) is 5.21. The fourth-order valence-corrected chi connectivity index (χ4v) is 1.65. The number of carbonyl (C=O) groups excluding carboxylic acids is 2. The van der Waals surface area contributed by atoms with E-state index in [9.17, 15) is 9.59 Å². The molecule has 4 nitrogen and oxygen atoms in total. The highest BCUT2D eigenvalue weighted by Crippen LogP contribution is 2.09. The number of primary amides is 1. The topological polar surface area (TPSA) is 60.2 Å². The highest BCUT2D eigenvalue weighted by Gasteiger charge is 2.37. The summed E-state index contributed by atoms with van der Waals surface area (Å²) in [4.78, 5) is 22.6. The van der Waals surface area contributed by atoms with E-state index in [1.165, 1.54) is 0 Å². The van der Waals surface area contributed by atoms with Crippen LogP contribution >= 0.6 is 0 Å². The van der Waals surface area contributed by atoms with Gasteiger partial charge in [-0.15, -0.1) is 0 Å². The largest absolute Gasteiger partial charge is 1.00 e. The second-order valence-electron chi connectivity index (χ2n) is 3.91. The van der Waals surface area contributed by atoms with Crippen LogP contribution in [0.5, 0.6) is 0 Å². The number of amides is 1. The number of halogens is 1. The molecule has 0 saturated heterocycles. The molecule has 0 aromatic rings. The van der Waals surface area contributed by atoms with E-state index in [-0.39, 0.29) is 22.7 Å². The Morgan fingerprint density at radius 1 is 1.47 bits per heavy atom. The minimum Gasteiger partial charge on any atom is -1.00 e. The van der Waals surface area contributed by atoms with Gasteiger partial charge in [-0.25, -0.2) is 0 Å². The zero-order chi connectivity index (χ0) is 11.4. The molecule has 0 aliphatic rings. The Morgan fingerprint density at radius 3 is 2.20 bits per heavy atom. The summed E-state index contributed by atoms with van der Waals surface area (Å²) in [6.07, 6.45) is 2.05. The molecule has 0 bridgehead atoms. The summed E-state index contributed by atoms with van der Waals surface area (Å²) in [5.74, 6) is -0.899. The summed E-state index contributed by atoms with van der Waals surface area (Å²) in [6, 6.07) is -0.813. The van der Waals surface area contributed by atoms with Crippen molar-refractivity contribution in [2.75, 3.05) is 20.6 Å². The van der Waals surface area contributed by atoms with Crippen LogP contribution in [-0.4, -0.2) is 42.9 Å². The van der Waals surface area contributed by atoms with Crippen LogP contribution < -0.4 is 18.1 Å². The summed E-state index contributed by atoms with van der Waals surface area (Å²) < 4.78 is 0.288. The third-order valence-corrected chi connectivity index (χ3v) is 2.24. The molecule has 88 valence electrons. The average molecular weight is 235 g/mol. The molecule has 15 heavy (non-hydrogen) atoms. The zero-order valence-electron chi connectivity index (χ0n) is 9.50. The van der Waals surface area contributed by atoms with Gasteiger partial charge in [-0.1, -0.05) is 13.5 Å². The van der Waals surface area contributed by atoms with Crippen LogP contribution in [0.2, 0.25) is 0 Å². The lowest BCUT2D eigenvalue weighted by molar-refractivity contribution is -0.896. The predicted octanol–water partition coefficient (Wildman–Crippen LogP) is -2.91. The highest BCUT2D eigenvalue weighted by atomic mass is 35.5. The summed E-state index contributed by atoms with van der Waals surface area (Å²) in [6.45, 7) is 6.10. The number of carbonyl (C=O) groups is 2. The van der Waals surface area contributed by atoms with Crippen LogP contribution in [-0.2, 0) is 9.59 Å². The molecule has 2 N–H and O–H groups in total. The minimum absolute atomic E-state index is 0. The molecule has 0 aromatic carbocycles. The number of rotatable bonds is 6. The van der Waals surface area contributed by atoms with E-state index in [4.69, 9.17) is 5.73 Å². The first-order valence-electron chi connectivity index (χ1n) is 4.65. The fourth-order valence-electron chi connectivity index (χ4n) is 1.65. The van der Waals surface area contributed by atoms with Crippen LogP contribution in [0.15, 0.2) is 12.7 Å². The van der Waals surface area contributed by atoms with Gasteiger partial charge in [0.15, 0.2) is 0 Å². The predicted molar refractivity (Wildman–Crippen MR) is 55.5 cm³/mol. The summed E-state index contributed by atoms with van der Waals surface area (Å²) in [5, 5.41) is 0. The molecular weight excluding hydrogens is 216 g/mol. The fraction of sp³-hybridized carbons (Fsp3) is 0.600. The smallest absolute Gasteiger partial charge is 0.284 e. The maximum absolute atomic E-state index is 11.4. The Balaban J connectivity index is 0. The Hall–Kier alpha value is -0.870. The third-order valence-electron chi connectivity index (χ3n) is 2.24. The zero-order valence-corrected chi connectivity index (χ0v) is 10.3. The van der Waals surface area contributed by atoms with Crippen molar-refractivity contribution in [1.82, 2.24) is 0 Å². The van der Waals surface area contributed by atoms with E-state index in [0.29, 0.717) is 0 Å². The average Bonchev–Trinajstić information content (AvgIpc) is 2.02. The number of nitrogens with two attached hydrogens (primary N) is 1. The Kier molecular flexibility index (Phi) is 7.27. The Morgan fingerprint density at radius 2 is 1.93 bits per heavy atom. The van der Waals surface area contributed by atoms with Gasteiger partial charge in [0.05, 0.1) is 20.6 Å². The first-order valence-corrected chi connectivity index (χ1v) is 4.65. The van der Waals surface area contributed by atoms with Crippen LogP contribution in [0.1, 0.15) is 13.3 Å². The monoisotopic (exact) mass is 234 g/mol. The van der Waals surface area contributed by atoms with Crippen LogP contribution in [0.3, 0.4) is 0 Å². The number of nitrogens with zero attached hydrogens (tertiary/aromatic N) is 1. The van der Waals surface area contributed by atoms with Gasteiger partial charge in [-0.05, 0) is 12.5 Å². The molecule has 1 atom stereocenters. The molecule has 0 heterocycles. The number of quaternary nitrogens is 1. The van der Waals surface area contributed by atoms with Gasteiger partial charge >= 0.3 is 0 Å². The van der Waals surface area contributed by atoms with Crippen LogP contribution in [0.25, 0.3) is 0 Å². The van der Waals surface area contributed by atoms with E-state index < -0.39 is 11.9 Å². The lowest BCUT2D eigenvalue weighted by atomic mass is 10.1. The molecule has 1 unspecified atom stereocenters. The van der Waals surface area contributed by atoms with Gasteiger partial charge in [0.1, 0.15) is 0 Å². The number of likely N-dealkylation sites (N-methyl/N-ethyl adjacent to an activating group) is 1. The second-order valence-corrected chi connectivity index (χ2v) is 3.91. The van der Waals surface area contributed by atoms with E-state index in [1.54, 1.807) is 0 Å². The van der Waals surface area contributed by atoms with Gasteiger partial charge in [-0.3, -0.25) is 9.59 Å². The van der Waals surface area contributed by atoms with Crippen molar-refractivity contribution < 1.29 is 26.5 Å². The van der Waals surface area contributed by atoms with Crippen molar-refractivity contribution in [2.24, 2.45) is 5.73 Å². The first-order chi connectivity index (χ1) is 6.36. The molecule has 0 fully saturated rings. The second kappa shape index (κ2) is 6.58.